The molecule has 1 heterocycles. The van der Waals surface area contributed by atoms with Gasteiger partial charge in [-0.15, -0.1) is 11.3 Å². The number of nitrogens with one attached hydrogen (secondary N) is 2. The first-order valence-corrected chi connectivity index (χ1v) is 7.34. The van der Waals surface area contributed by atoms with Gasteiger partial charge in [0.25, 0.3) is 0 Å². The molecule has 2 atom stereocenters. The summed E-state index contributed by atoms with van der Waals surface area (Å²) in [7, 11) is 1.54. The molecule has 1 aromatic heterocycles. The largest absolute Gasteiger partial charge is 0.481 e. The Hall–Kier alpha value is -1.96. The normalized spacial score (nSPS) is 22.4. The number of carboxylic acids is 1. The number of carboxylic acid groups (broad SMARTS) is 1. The van der Waals surface area contributed by atoms with Crippen molar-refractivity contribution in [3.63, 3.8) is 0 Å². The van der Waals surface area contributed by atoms with Crippen LogP contribution in [0.4, 0.5) is 5.13 Å². The fraction of sp³-hybridized carbons (Fsp3) is 0.538. The summed E-state index contributed by atoms with van der Waals surface area (Å²) in [6.07, 6.45) is 0.148. The Kier molecular flexibility index (Phi) is 3.99. The highest BCUT2D eigenvalue weighted by atomic mass is 32.1. The lowest BCUT2D eigenvalue weighted by Crippen LogP contribution is -2.20. The molecule has 2 rings (SSSR count). The topological polar surface area (TPSA) is 108 Å². The number of nitrogens with zero attached hydrogens (tertiary/aromatic N) is 1. The summed E-state index contributed by atoms with van der Waals surface area (Å²) in [5, 5.41) is 16.3. The lowest BCUT2D eigenvalue weighted by molar-refractivity contribution is -0.140. The molecule has 0 spiro atoms. The zero-order valence-electron chi connectivity index (χ0n) is 12.0. The summed E-state index contributed by atoms with van der Waals surface area (Å²) in [5.41, 5.74) is 0.0254. The van der Waals surface area contributed by atoms with Crippen molar-refractivity contribution in [3.05, 3.63) is 11.1 Å². The molecule has 1 aliphatic carbocycles. The molecule has 2 amide bonds. The Bertz CT molecular complexity index is 596. The van der Waals surface area contributed by atoms with E-state index in [-0.39, 0.29) is 18.2 Å². The minimum absolute atomic E-state index is 0.148. The van der Waals surface area contributed by atoms with Crippen LogP contribution in [0.25, 0.3) is 0 Å². The maximum absolute atomic E-state index is 12.1. The molecule has 0 aromatic carbocycles. The highest BCUT2D eigenvalue weighted by Crippen LogP contribution is 2.58. The lowest BCUT2D eigenvalue weighted by Gasteiger charge is -2.02. The maximum Gasteiger partial charge on any atom is 0.307 e. The van der Waals surface area contributed by atoms with E-state index in [0.29, 0.717) is 10.8 Å². The van der Waals surface area contributed by atoms with Crippen LogP contribution in [0.15, 0.2) is 5.38 Å². The van der Waals surface area contributed by atoms with Crippen molar-refractivity contribution in [2.45, 2.75) is 20.3 Å². The van der Waals surface area contributed by atoms with E-state index in [0.717, 1.165) is 0 Å². The van der Waals surface area contributed by atoms with Gasteiger partial charge >= 0.3 is 5.97 Å². The van der Waals surface area contributed by atoms with Gasteiger partial charge in [-0.05, 0) is 5.41 Å². The highest BCUT2D eigenvalue weighted by molar-refractivity contribution is 7.13. The van der Waals surface area contributed by atoms with Gasteiger partial charge in [-0.3, -0.25) is 14.4 Å². The van der Waals surface area contributed by atoms with Crippen LogP contribution < -0.4 is 10.6 Å². The van der Waals surface area contributed by atoms with E-state index in [1.54, 1.807) is 26.3 Å². The van der Waals surface area contributed by atoms with E-state index in [1.165, 1.54) is 11.3 Å². The predicted octanol–water partition coefficient (Wildman–Crippen LogP) is 0.727. The van der Waals surface area contributed by atoms with Crippen LogP contribution in [-0.2, 0) is 20.8 Å². The lowest BCUT2D eigenvalue weighted by atomic mass is 10.1. The molecular weight excluding hydrogens is 294 g/mol. The highest BCUT2D eigenvalue weighted by Gasteiger charge is 2.65. The van der Waals surface area contributed by atoms with Crippen molar-refractivity contribution < 1.29 is 19.5 Å². The van der Waals surface area contributed by atoms with E-state index in [1.807, 2.05) is 0 Å². The fourth-order valence-electron chi connectivity index (χ4n) is 2.47. The van der Waals surface area contributed by atoms with Crippen molar-refractivity contribution in [1.29, 1.82) is 0 Å². The van der Waals surface area contributed by atoms with Crippen LogP contribution in [-0.4, -0.2) is 34.9 Å². The minimum atomic E-state index is -0.959. The molecule has 1 saturated carbocycles. The number of aromatic nitrogens is 1. The van der Waals surface area contributed by atoms with Crippen LogP contribution in [0.5, 0.6) is 0 Å². The second-order valence-corrected chi connectivity index (χ2v) is 6.46. The summed E-state index contributed by atoms with van der Waals surface area (Å²) in [6.45, 7) is 3.52. The molecule has 0 bridgehead atoms. The first-order chi connectivity index (χ1) is 9.77. The molecule has 2 unspecified atom stereocenters. The second-order valence-electron chi connectivity index (χ2n) is 5.60. The molecular formula is C13H17N3O4S. The SMILES string of the molecule is CNC(=O)Cc1csc(NC(=O)C2C(C(=O)O)C2(C)C)n1. The molecule has 114 valence electrons. The van der Waals surface area contributed by atoms with Crippen molar-refractivity contribution in [2.24, 2.45) is 17.3 Å². The van der Waals surface area contributed by atoms with Gasteiger partial charge in [0, 0.05) is 12.4 Å². The van der Waals surface area contributed by atoms with Crippen LogP contribution in [0, 0.1) is 17.3 Å². The summed E-state index contributed by atoms with van der Waals surface area (Å²) in [5.74, 6) is -2.68. The molecule has 3 N–H and O–H groups in total. The van der Waals surface area contributed by atoms with Crippen molar-refractivity contribution in [2.75, 3.05) is 12.4 Å². The van der Waals surface area contributed by atoms with Crippen LogP contribution in [0.2, 0.25) is 0 Å². The van der Waals surface area contributed by atoms with Crippen LogP contribution >= 0.6 is 11.3 Å². The summed E-state index contributed by atoms with van der Waals surface area (Å²) >= 11 is 1.21. The van der Waals surface area contributed by atoms with Gasteiger partial charge < -0.3 is 15.7 Å². The number of hydrogen-bond donors (Lipinski definition) is 3. The number of likely N-dealkylation sites (N-methyl/N-ethyl adjacent to an activating group) is 1. The molecule has 1 aliphatic rings. The molecule has 1 aromatic rings. The first kappa shape index (κ1) is 15.4. The summed E-state index contributed by atoms with van der Waals surface area (Å²) < 4.78 is 0. The number of carbonyl (C=O) groups is 3. The summed E-state index contributed by atoms with van der Waals surface area (Å²) in [4.78, 5) is 38.6. The molecule has 8 heteroatoms. The number of amides is 2. The number of rotatable bonds is 5. The third kappa shape index (κ3) is 3.05. The molecule has 1 fully saturated rings. The number of carbonyl (C=O) groups excluding carboxylic acids is 2. The first-order valence-electron chi connectivity index (χ1n) is 6.46. The standard InChI is InChI=1S/C13H17N3O4S/c1-13(2)8(9(13)11(19)20)10(18)16-12-15-6(5-21-12)4-7(17)14-3/h5,8-9H,4H2,1-3H3,(H,14,17)(H,19,20)(H,15,16,18). The number of aliphatic carboxylic acids is 1. The van der Waals surface area contributed by atoms with E-state index in [9.17, 15) is 14.4 Å². The zero-order valence-corrected chi connectivity index (χ0v) is 12.8. The molecule has 0 radical (unpaired) electrons. The number of hydrogen-bond acceptors (Lipinski definition) is 5. The number of thiazole rings is 1. The molecule has 0 aliphatic heterocycles. The van der Waals surface area contributed by atoms with Gasteiger partial charge in [-0.25, -0.2) is 4.98 Å². The Balaban J connectivity index is 1.98. The van der Waals surface area contributed by atoms with Gasteiger partial charge in [-0.2, -0.15) is 0 Å². The summed E-state index contributed by atoms with van der Waals surface area (Å²) in [6, 6.07) is 0. The Morgan fingerprint density at radius 2 is 2.05 bits per heavy atom. The Labute approximate surface area is 125 Å². The van der Waals surface area contributed by atoms with Crippen LogP contribution in [0.3, 0.4) is 0 Å². The molecule has 0 saturated heterocycles. The van der Waals surface area contributed by atoms with Gasteiger partial charge in [0.1, 0.15) is 0 Å². The molecule has 21 heavy (non-hydrogen) atoms. The van der Waals surface area contributed by atoms with E-state index in [2.05, 4.69) is 15.6 Å². The van der Waals surface area contributed by atoms with E-state index in [4.69, 9.17) is 5.11 Å². The van der Waals surface area contributed by atoms with E-state index < -0.39 is 23.2 Å². The maximum atomic E-state index is 12.1. The second kappa shape index (κ2) is 5.44. The van der Waals surface area contributed by atoms with Gasteiger partial charge in [0.15, 0.2) is 5.13 Å². The molecule has 7 nitrogen and oxygen atoms in total. The van der Waals surface area contributed by atoms with Crippen molar-refractivity contribution >= 4 is 34.3 Å². The third-order valence-corrected chi connectivity index (χ3v) is 4.58. The smallest absolute Gasteiger partial charge is 0.307 e. The predicted molar refractivity (Wildman–Crippen MR) is 76.9 cm³/mol. The average Bonchev–Trinajstić information content (AvgIpc) is 2.74. The average molecular weight is 311 g/mol. The van der Waals surface area contributed by atoms with Crippen molar-refractivity contribution in [3.8, 4) is 0 Å². The zero-order chi connectivity index (χ0) is 15.8. The van der Waals surface area contributed by atoms with Gasteiger partial charge in [-0.1, -0.05) is 13.8 Å². The minimum Gasteiger partial charge on any atom is -0.481 e. The van der Waals surface area contributed by atoms with Crippen molar-refractivity contribution in [1.82, 2.24) is 10.3 Å². The Morgan fingerprint density at radius 3 is 2.57 bits per heavy atom. The Morgan fingerprint density at radius 1 is 1.38 bits per heavy atom. The number of anilines is 1. The van der Waals surface area contributed by atoms with Gasteiger partial charge in [0.05, 0.1) is 24.0 Å². The van der Waals surface area contributed by atoms with Gasteiger partial charge in [0.2, 0.25) is 11.8 Å². The van der Waals surface area contributed by atoms with E-state index >= 15 is 0 Å². The van der Waals surface area contributed by atoms with Crippen LogP contribution in [0.1, 0.15) is 19.5 Å². The fourth-order valence-corrected chi connectivity index (χ4v) is 3.18. The monoisotopic (exact) mass is 311 g/mol. The third-order valence-electron chi connectivity index (χ3n) is 3.78. The quantitative estimate of drug-likeness (QED) is 0.743.